The molecule has 1 aromatic heterocycles. The predicted molar refractivity (Wildman–Crippen MR) is 95.3 cm³/mol. The lowest BCUT2D eigenvalue weighted by Gasteiger charge is -2.41. The number of aryl methyl sites for hydroxylation is 1. The molecule has 3 rings (SSSR count). The third kappa shape index (κ3) is 4.22. The average molecular weight is 350 g/mol. The molecule has 2 saturated heterocycles. The first kappa shape index (κ1) is 17.5. The maximum absolute atomic E-state index is 11.5. The number of carbonyl (C=O) groups is 1. The van der Waals surface area contributed by atoms with Crippen molar-refractivity contribution >= 4 is 17.3 Å². The van der Waals surface area contributed by atoms with Gasteiger partial charge in [-0.05, 0) is 6.92 Å². The van der Waals surface area contributed by atoms with E-state index in [2.05, 4.69) is 31.6 Å². The number of hydrogen-bond donors (Lipinski definition) is 1. The maximum atomic E-state index is 11.5. The van der Waals surface area contributed by atoms with E-state index in [0.717, 1.165) is 50.0 Å². The Kier molecular flexibility index (Phi) is 5.65. The molecular formula is C17H26N4O2S. The zero-order valence-corrected chi connectivity index (χ0v) is 15.0. The second-order valence-corrected chi connectivity index (χ2v) is 7.85. The van der Waals surface area contributed by atoms with Gasteiger partial charge in [-0.1, -0.05) is 6.08 Å². The van der Waals surface area contributed by atoms with E-state index < -0.39 is 5.97 Å². The summed E-state index contributed by atoms with van der Waals surface area (Å²) >= 11 is 1.70. The lowest BCUT2D eigenvalue weighted by atomic mass is 10.1. The fraction of sp³-hybridized carbons (Fsp3) is 0.647. The first-order valence-corrected chi connectivity index (χ1v) is 9.36. The topological polar surface area (TPSA) is 59.9 Å². The Morgan fingerprint density at radius 3 is 2.83 bits per heavy atom. The summed E-state index contributed by atoms with van der Waals surface area (Å²) in [5.74, 6) is -1.01. The first-order chi connectivity index (χ1) is 11.5. The summed E-state index contributed by atoms with van der Waals surface area (Å²) in [6.45, 7) is 12.5. The van der Waals surface area contributed by atoms with E-state index in [1.165, 1.54) is 0 Å². The fourth-order valence-corrected chi connectivity index (χ4v) is 4.34. The van der Waals surface area contributed by atoms with Crippen LogP contribution in [0.2, 0.25) is 0 Å². The van der Waals surface area contributed by atoms with Crippen LogP contribution in [0.25, 0.3) is 0 Å². The van der Waals surface area contributed by atoms with Crippen LogP contribution in [0, 0.1) is 12.8 Å². The molecule has 2 unspecified atom stereocenters. The number of piperazine rings is 1. The highest BCUT2D eigenvalue weighted by molar-refractivity contribution is 7.09. The molecule has 0 aliphatic carbocycles. The number of fused-ring (bicyclic) bond motifs is 1. The Bertz CT molecular complexity index is 591. The number of carboxylic acids is 1. The number of nitrogens with zero attached hydrogens (tertiary/aromatic N) is 4. The number of hydrogen-bond acceptors (Lipinski definition) is 6. The van der Waals surface area contributed by atoms with E-state index in [1.807, 2.05) is 13.0 Å². The van der Waals surface area contributed by atoms with Crippen molar-refractivity contribution in [3.63, 3.8) is 0 Å². The van der Waals surface area contributed by atoms with Crippen molar-refractivity contribution < 1.29 is 9.90 Å². The molecule has 2 aliphatic heterocycles. The van der Waals surface area contributed by atoms with Gasteiger partial charge in [0.1, 0.15) is 0 Å². The van der Waals surface area contributed by atoms with Crippen molar-refractivity contribution in [1.82, 2.24) is 19.7 Å². The third-order valence-electron chi connectivity index (χ3n) is 4.88. The molecule has 1 N–H and O–H groups in total. The van der Waals surface area contributed by atoms with Gasteiger partial charge in [0, 0.05) is 63.8 Å². The number of aromatic nitrogens is 1. The Morgan fingerprint density at radius 2 is 2.17 bits per heavy atom. The molecule has 0 bridgehead atoms. The third-order valence-corrected chi connectivity index (χ3v) is 5.70. The van der Waals surface area contributed by atoms with Crippen LogP contribution in [0.15, 0.2) is 18.0 Å². The molecule has 1 aromatic rings. The van der Waals surface area contributed by atoms with E-state index in [1.54, 1.807) is 11.3 Å². The van der Waals surface area contributed by atoms with Gasteiger partial charge in [-0.3, -0.25) is 19.5 Å². The zero-order chi connectivity index (χ0) is 17.1. The lowest BCUT2D eigenvalue weighted by Crippen LogP contribution is -2.55. The normalized spacial score (nSPS) is 26.7. The van der Waals surface area contributed by atoms with Gasteiger partial charge in [0.15, 0.2) is 0 Å². The second-order valence-electron chi connectivity index (χ2n) is 6.78. The van der Waals surface area contributed by atoms with Crippen LogP contribution in [0.3, 0.4) is 0 Å². The number of rotatable bonds is 5. The standard InChI is InChI=1S/C17H26N4O2S/c1-3-4-19-7-14(17(22)23)8-21-6-5-20(11-16(21)10-19)9-15-12-24-13(2)18-15/h3,12,14,16H,1,4-11H2,2H3,(H,22,23). The SMILES string of the molecule is C=CCN1CC(C(=O)O)CN2CCN(Cc3csc(C)n3)CC2C1. The molecule has 0 radical (unpaired) electrons. The van der Waals surface area contributed by atoms with E-state index in [0.29, 0.717) is 19.1 Å². The molecule has 2 aliphatic rings. The largest absolute Gasteiger partial charge is 0.481 e. The van der Waals surface area contributed by atoms with Crippen LogP contribution in [-0.4, -0.2) is 82.6 Å². The quantitative estimate of drug-likeness (QED) is 0.804. The van der Waals surface area contributed by atoms with Crippen molar-refractivity contribution in [2.75, 3.05) is 45.8 Å². The van der Waals surface area contributed by atoms with E-state index in [4.69, 9.17) is 0 Å². The van der Waals surface area contributed by atoms with Gasteiger partial charge in [-0.2, -0.15) is 0 Å². The average Bonchev–Trinajstić information content (AvgIpc) is 2.84. The van der Waals surface area contributed by atoms with Crippen LogP contribution in [0.5, 0.6) is 0 Å². The van der Waals surface area contributed by atoms with Gasteiger partial charge in [0.25, 0.3) is 0 Å². The monoisotopic (exact) mass is 350 g/mol. The highest BCUT2D eigenvalue weighted by atomic mass is 32.1. The summed E-state index contributed by atoms with van der Waals surface area (Å²) in [7, 11) is 0. The molecule has 2 atom stereocenters. The Labute approximate surface area is 147 Å². The van der Waals surface area contributed by atoms with Gasteiger partial charge < -0.3 is 5.11 Å². The summed E-state index contributed by atoms with van der Waals surface area (Å²) in [6, 6.07) is 0.378. The fourth-order valence-electron chi connectivity index (χ4n) is 3.74. The van der Waals surface area contributed by atoms with Gasteiger partial charge in [0.2, 0.25) is 0 Å². The minimum absolute atomic E-state index is 0.317. The molecule has 2 fully saturated rings. The molecule has 0 saturated carbocycles. The van der Waals surface area contributed by atoms with Crippen LogP contribution < -0.4 is 0 Å². The van der Waals surface area contributed by atoms with Gasteiger partial charge in [-0.25, -0.2) is 4.98 Å². The van der Waals surface area contributed by atoms with Crippen LogP contribution >= 0.6 is 11.3 Å². The smallest absolute Gasteiger partial charge is 0.309 e. The Hall–Kier alpha value is -1.28. The van der Waals surface area contributed by atoms with Crippen molar-refractivity contribution in [2.24, 2.45) is 5.92 Å². The summed E-state index contributed by atoms with van der Waals surface area (Å²) in [5, 5.41) is 12.7. The molecule has 7 heteroatoms. The van der Waals surface area contributed by atoms with Crippen molar-refractivity contribution in [3.8, 4) is 0 Å². The number of carboxylic acid groups (broad SMARTS) is 1. The zero-order valence-electron chi connectivity index (χ0n) is 14.2. The van der Waals surface area contributed by atoms with Crippen LogP contribution in [0.4, 0.5) is 0 Å². The second kappa shape index (κ2) is 7.74. The molecule has 0 spiro atoms. The van der Waals surface area contributed by atoms with E-state index in [9.17, 15) is 9.90 Å². The Balaban J connectivity index is 1.66. The molecule has 0 aromatic carbocycles. The lowest BCUT2D eigenvalue weighted by molar-refractivity contribution is -0.142. The predicted octanol–water partition coefficient (Wildman–Crippen LogP) is 1.14. The molecule has 24 heavy (non-hydrogen) atoms. The minimum atomic E-state index is -0.690. The molecular weight excluding hydrogens is 324 g/mol. The van der Waals surface area contributed by atoms with E-state index >= 15 is 0 Å². The minimum Gasteiger partial charge on any atom is -0.481 e. The summed E-state index contributed by atoms with van der Waals surface area (Å²) in [5.41, 5.74) is 1.14. The maximum Gasteiger partial charge on any atom is 0.309 e. The van der Waals surface area contributed by atoms with Crippen molar-refractivity contribution in [1.29, 1.82) is 0 Å². The highest BCUT2D eigenvalue weighted by Crippen LogP contribution is 2.20. The van der Waals surface area contributed by atoms with Crippen molar-refractivity contribution in [2.45, 2.75) is 19.5 Å². The molecule has 132 valence electrons. The number of thiazole rings is 1. The molecule has 6 nitrogen and oxygen atoms in total. The van der Waals surface area contributed by atoms with Gasteiger partial charge in [-0.15, -0.1) is 17.9 Å². The summed E-state index contributed by atoms with van der Waals surface area (Å²) in [4.78, 5) is 23.2. The highest BCUT2D eigenvalue weighted by Gasteiger charge is 2.35. The van der Waals surface area contributed by atoms with Crippen LogP contribution in [0.1, 0.15) is 10.7 Å². The van der Waals surface area contributed by atoms with Crippen molar-refractivity contribution in [3.05, 3.63) is 28.7 Å². The summed E-state index contributed by atoms with van der Waals surface area (Å²) < 4.78 is 0. The van der Waals surface area contributed by atoms with Gasteiger partial charge in [0.05, 0.1) is 16.6 Å². The van der Waals surface area contributed by atoms with E-state index in [-0.39, 0.29) is 5.92 Å². The van der Waals surface area contributed by atoms with Gasteiger partial charge >= 0.3 is 5.97 Å². The van der Waals surface area contributed by atoms with Crippen LogP contribution in [-0.2, 0) is 11.3 Å². The summed E-state index contributed by atoms with van der Waals surface area (Å²) in [6.07, 6.45) is 1.87. The Morgan fingerprint density at radius 1 is 1.38 bits per heavy atom. The molecule has 0 amide bonds. The number of aliphatic carboxylic acids is 1. The molecule has 3 heterocycles. The first-order valence-electron chi connectivity index (χ1n) is 8.48.